The standard InChI is InChI=1S/C31H35Cl2N3O4S/c1-22-13-16-26(17-14-22)36(41(39,40)27-11-7-4-8-12-27)21-30(37)35(20-24-15-18-28(32)29(33)19-24)23(2)31(38)34-25-9-5-3-6-10-25/h4,7-8,11-19,23,25H,3,5-6,9-10,20-21H2,1-2H3,(H,34,38)/t23-/m0/s1. The molecule has 0 aliphatic heterocycles. The Morgan fingerprint density at radius 3 is 2.22 bits per heavy atom. The number of nitrogens with one attached hydrogen (secondary N) is 1. The quantitative estimate of drug-likeness (QED) is 0.287. The van der Waals surface area contributed by atoms with Crippen LogP contribution in [0.25, 0.3) is 0 Å². The summed E-state index contributed by atoms with van der Waals surface area (Å²) >= 11 is 12.4. The second kappa shape index (κ2) is 13.7. The first-order chi connectivity index (χ1) is 19.6. The minimum Gasteiger partial charge on any atom is -0.352 e. The van der Waals surface area contributed by atoms with E-state index >= 15 is 0 Å². The van der Waals surface area contributed by atoms with Crippen LogP contribution in [0.2, 0.25) is 10.0 Å². The molecule has 218 valence electrons. The van der Waals surface area contributed by atoms with Gasteiger partial charge in [0.2, 0.25) is 11.8 Å². The van der Waals surface area contributed by atoms with E-state index in [4.69, 9.17) is 23.2 Å². The van der Waals surface area contributed by atoms with Crippen molar-refractivity contribution in [3.63, 3.8) is 0 Å². The molecule has 0 aromatic heterocycles. The highest BCUT2D eigenvalue weighted by Crippen LogP contribution is 2.27. The van der Waals surface area contributed by atoms with E-state index in [1.54, 1.807) is 67.6 Å². The van der Waals surface area contributed by atoms with E-state index in [-0.39, 0.29) is 23.4 Å². The van der Waals surface area contributed by atoms with E-state index in [1.165, 1.54) is 17.0 Å². The van der Waals surface area contributed by atoms with Gasteiger partial charge in [0.1, 0.15) is 12.6 Å². The Balaban J connectivity index is 1.67. The van der Waals surface area contributed by atoms with E-state index in [1.807, 2.05) is 6.92 Å². The average molecular weight is 617 g/mol. The molecule has 1 fully saturated rings. The molecule has 7 nitrogen and oxygen atoms in total. The molecular weight excluding hydrogens is 581 g/mol. The van der Waals surface area contributed by atoms with Gasteiger partial charge in [0.05, 0.1) is 20.6 Å². The zero-order valence-electron chi connectivity index (χ0n) is 23.2. The first-order valence-corrected chi connectivity index (χ1v) is 15.9. The molecule has 0 spiro atoms. The Kier molecular flexibility index (Phi) is 10.3. The number of benzene rings is 3. The largest absolute Gasteiger partial charge is 0.352 e. The number of hydrogen-bond donors (Lipinski definition) is 1. The van der Waals surface area contributed by atoms with Crippen LogP contribution in [0.15, 0.2) is 77.7 Å². The Labute approximate surface area is 252 Å². The van der Waals surface area contributed by atoms with Crippen molar-refractivity contribution < 1.29 is 18.0 Å². The van der Waals surface area contributed by atoms with Crippen LogP contribution in [-0.2, 0) is 26.2 Å². The van der Waals surface area contributed by atoms with Crippen LogP contribution in [-0.4, -0.2) is 43.8 Å². The summed E-state index contributed by atoms with van der Waals surface area (Å²) in [5, 5.41) is 3.79. The molecule has 1 saturated carbocycles. The van der Waals surface area contributed by atoms with Crippen LogP contribution < -0.4 is 9.62 Å². The molecule has 0 saturated heterocycles. The van der Waals surface area contributed by atoms with E-state index in [0.717, 1.165) is 42.0 Å². The minimum absolute atomic E-state index is 0.0437. The molecule has 1 aliphatic rings. The molecule has 41 heavy (non-hydrogen) atoms. The molecule has 0 bridgehead atoms. The van der Waals surface area contributed by atoms with Crippen molar-refractivity contribution in [1.82, 2.24) is 10.2 Å². The summed E-state index contributed by atoms with van der Waals surface area (Å²) in [6, 6.07) is 19.1. The molecule has 0 heterocycles. The predicted molar refractivity (Wildman–Crippen MR) is 164 cm³/mol. The van der Waals surface area contributed by atoms with Crippen LogP contribution in [0.1, 0.15) is 50.2 Å². The molecule has 2 amide bonds. The van der Waals surface area contributed by atoms with Crippen molar-refractivity contribution in [2.24, 2.45) is 0 Å². The number of halogens is 2. The molecule has 10 heteroatoms. The second-order valence-electron chi connectivity index (χ2n) is 10.4. The van der Waals surface area contributed by atoms with Gasteiger partial charge in [-0.05, 0) is 68.7 Å². The van der Waals surface area contributed by atoms with Crippen molar-refractivity contribution in [3.8, 4) is 0 Å². The van der Waals surface area contributed by atoms with E-state index < -0.39 is 28.5 Å². The topological polar surface area (TPSA) is 86.8 Å². The van der Waals surface area contributed by atoms with Gasteiger partial charge in [0, 0.05) is 12.6 Å². The lowest BCUT2D eigenvalue weighted by Crippen LogP contribution is -2.53. The summed E-state index contributed by atoms with van der Waals surface area (Å²) in [7, 11) is -4.10. The fourth-order valence-corrected chi connectivity index (χ4v) is 6.70. The fraction of sp³-hybridized carbons (Fsp3) is 0.355. The summed E-state index contributed by atoms with van der Waals surface area (Å²) in [5.41, 5.74) is 1.96. The molecule has 0 unspecified atom stereocenters. The van der Waals surface area contributed by atoms with Crippen LogP contribution in [0.3, 0.4) is 0 Å². The van der Waals surface area contributed by atoms with Gasteiger partial charge in [-0.2, -0.15) is 0 Å². The third kappa shape index (κ3) is 7.82. The number of amides is 2. The van der Waals surface area contributed by atoms with E-state index in [9.17, 15) is 18.0 Å². The number of carbonyl (C=O) groups is 2. The summed E-state index contributed by atoms with van der Waals surface area (Å²) in [6.07, 6.45) is 5.04. The number of nitrogens with zero attached hydrogens (tertiary/aromatic N) is 2. The van der Waals surface area contributed by atoms with Gasteiger partial charge in [0.25, 0.3) is 10.0 Å². The lowest BCUT2D eigenvalue weighted by Gasteiger charge is -2.33. The molecule has 1 atom stereocenters. The van der Waals surface area contributed by atoms with Crippen molar-refractivity contribution >= 4 is 50.7 Å². The maximum absolute atomic E-state index is 14.0. The van der Waals surface area contributed by atoms with E-state index in [0.29, 0.717) is 21.3 Å². The van der Waals surface area contributed by atoms with E-state index in [2.05, 4.69) is 5.32 Å². The first kappa shape index (κ1) is 30.9. The van der Waals surface area contributed by atoms with Crippen molar-refractivity contribution in [3.05, 3.63) is 94.0 Å². The highest BCUT2D eigenvalue weighted by Gasteiger charge is 2.33. The van der Waals surface area contributed by atoms with Gasteiger partial charge in [-0.1, -0.05) is 84.4 Å². The Bertz CT molecular complexity index is 1460. The smallest absolute Gasteiger partial charge is 0.264 e. The minimum atomic E-state index is -4.10. The summed E-state index contributed by atoms with van der Waals surface area (Å²) < 4.78 is 28.7. The van der Waals surface area contributed by atoms with Crippen LogP contribution >= 0.6 is 23.2 Å². The second-order valence-corrected chi connectivity index (χ2v) is 13.1. The molecule has 0 radical (unpaired) electrons. The number of aryl methyl sites for hydroxylation is 1. The monoisotopic (exact) mass is 615 g/mol. The molecule has 4 rings (SSSR count). The normalized spacial score (nSPS) is 14.7. The first-order valence-electron chi connectivity index (χ1n) is 13.7. The number of sulfonamides is 1. The molecule has 1 aliphatic carbocycles. The number of anilines is 1. The highest BCUT2D eigenvalue weighted by molar-refractivity contribution is 7.92. The molecule has 3 aromatic rings. The maximum Gasteiger partial charge on any atom is 0.264 e. The van der Waals surface area contributed by atoms with Gasteiger partial charge in [-0.3, -0.25) is 13.9 Å². The summed E-state index contributed by atoms with van der Waals surface area (Å²) in [6.45, 7) is 3.11. The molecule has 1 N–H and O–H groups in total. The van der Waals surface area contributed by atoms with Gasteiger partial charge in [-0.25, -0.2) is 8.42 Å². The SMILES string of the molecule is Cc1ccc(N(CC(=O)N(Cc2ccc(Cl)c(Cl)c2)[C@@H](C)C(=O)NC2CCCCC2)S(=O)(=O)c2ccccc2)cc1. The molecule has 3 aromatic carbocycles. The predicted octanol–water partition coefficient (Wildman–Crippen LogP) is 6.36. The van der Waals surface area contributed by atoms with Crippen LogP contribution in [0.4, 0.5) is 5.69 Å². The maximum atomic E-state index is 14.0. The summed E-state index contributed by atoms with van der Waals surface area (Å²) in [4.78, 5) is 28.9. The molecular formula is C31H35Cl2N3O4S. The zero-order chi connectivity index (χ0) is 29.6. The highest BCUT2D eigenvalue weighted by atomic mass is 35.5. The van der Waals surface area contributed by atoms with Gasteiger partial charge in [-0.15, -0.1) is 0 Å². The van der Waals surface area contributed by atoms with Gasteiger partial charge < -0.3 is 10.2 Å². The lowest BCUT2D eigenvalue weighted by molar-refractivity contribution is -0.139. The van der Waals surface area contributed by atoms with Crippen LogP contribution in [0, 0.1) is 6.92 Å². The number of hydrogen-bond acceptors (Lipinski definition) is 4. The third-order valence-electron chi connectivity index (χ3n) is 7.39. The van der Waals surface area contributed by atoms with Crippen LogP contribution in [0.5, 0.6) is 0 Å². The lowest BCUT2D eigenvalue weighted by atomic mass is 9.95. The number of carbonyl (C=O) groups excluding carboxylic acids is 2. The third-order valence-corrected chi connectivity index (χ3v) is 9.91. The Morgan fingerprint density at radius 1 is 0.927 bits per heavy atom. The van der Waals surface area contributed by atoms with Gasteiger partial charge in [0.15, 0.2) is 0 Å². The van der Waals surface area contributed by atoms with Crippen molar-refractivity contribution in [2.75, 3.05) is 10.8 Å². The zero-order valence-corrected chi connectivity index (χ0v) is 25.6. The number of rotatable bonds is 10. The Hall–Kier alpha value is -3.07. The van der Waals surface area contributed by atoms with Gasteiger partial charge >= 0.3 is 0 Å². The average Bonchev–Trinajstić information content (AvgIpc) is 2.97. The fourth-order valence-electron chi connectivity index (χ4n) is 4.95. The van der Waals surface area contributed by atoms with Crippen molar-refractivity contribution in [2.45, 2.75) is 69.5 Å². The van der Waals surface area contributed by atoms with Crippen molar-refractivity contribution in [1.29, 1.82) is 0 Å². The Morgan fingerprint density at radius 2 is 1.59 bits per heavy atom. The summed E-state index contributed by atoms with van der Waals surface area (Å²) in [5.74, 6) is -0.805.